The Labute approximate surface area is 120 Å². The molecule has 3 rings (SSSR count). The number of amides is 2. The lowest BCUT2D eigenvalue weighted by Gasteiger charge is -2.12. The minimum absolute atomic E-state index is 0.253. The van der Waals surface area contributed by atoms with Crippen LogP contribution in [0, 0.1) is 5.82 Å². The normalized spacial score (nSPS) is 18.8. The molecule has 0 aliphatic carbocycles. The Bertz CT molecular complexity index is 732. The number of fused-ring (bicyclic) bond motifs is 1. The van der Waals surface area contributed by atoms with Crippen LogP contribution in [0.1, 0.15) is 10.4 Å². The lowest BCUT2D eigenvalue weighted by atomic mass is 10.0. The first-order valence-corrected chi connectivity index (χ1v) is 6.56. The van der Waals surface area contributed by atoms with E-state index in [4.69, 9.17) is 0 Å². The number of nitrogens with one attached hydrogen (secondary N) is 2. The summed E-state index contributed by atoms with van der Waals surface area (Å²) in [5, 5.41) is 5.20. The first kappa shape index (κ1) is 13.5. The van der Waals surface area contributed by atoms with Crippen molar-refractivity contribution in [3.05, 3.63) is 47.8 Å². The molecule has 2 amide bonds. The zero-order chi connectivity index (χ0) is 15.0. The fraction of sp³-hybridized carbons (Fsp3) is 0.200. The number of rotatable bonds is 2. The van der Waals surface area contributed by atoms with Gasteiger partial charge in [-0.3, -0.25) is 15.0 Å². The Kier molecular flexibility index (Phi) is 3.31. The second-order valence-corrected chi connectivity index (χ2v) is 5.02. The molecule has 108 valence electrons. The van der Waals surface area contributed by atoms with E-state index in [0.717, 1.165) is 0 Å². The van der Waals surface area contributed by atoms with E-state index in [1.54, 1.807) is 36.3 Å². The number of hydrogen-bond acceptors (Lipinski definition) is 3. The quantitative estimate of drug-likeness (QED) is 0.868. The van der Waals surface area contributed by atoms with Crippen LogP contribution in [0.5, 0.6) is 0 Å². The highest BCUT2D eigenvalue weighted by atomic mass is 19.1. The molecular formula is C15H14FN3O2. The number of nitrogens with zero attached hydrogens (tertiary/aromatic N) is 1. The predicted molar refractivity (Wildman–Crippen MR) is 75.9 cm³/mol. The van der Waals surface area contributed by atoms with Crippen LogP contribution in [0.15, 0.2) is 36.4 Å². The fourth-order valence-electron chi connectivity index (χ4n) is 2.48. The van der Waals surface area contributed by atoms with E-state index in [1.807, 2.05) is 0 Å². The summed E-state index contributed by atoms with van der Waals surface area (Å²) < 4.78 is 13.7. The van der Waals surface area contributed by atoms with E-state index >= 15 is 0 Å². The molecule has 1 saturated heterocycles. The number of benzene rings is 2. The first-order chi connectivity index (χ1) is 10.1. The van der Waals surface area contributed by atoms with Crippen molar-refractivity contribution in [1.29, 1.82) is 0 Å². The fourth-order valence-corrected chi connectivity index (χ4v) is 2.48. The van der Waals surface area contributed by atoms with Crippen molar-refractivity contribution in [1.82, 2.24) is 15.8 Å². The smallest absolute Gasteiger partial charge is 0.258 e. The molecule has 0 aromatic heterocycles. The van der Waals surface area contributed by atoms with Crippen molar-refractivity contribution in [3.8, 4) is 0 Å². The third kappa shape index (κ3) is 2.45. The second kappa shape index (κ2) is 5.14. The Morgan fingerprint density at radius 3 is 2.67 bits per heavy atom. The summed E-state index contributed by atoms with van der Waals surface area (Å²) >= 11 is 0. The van der Waals surface area contributed by atoms with E-state index in [-0.39, 0.29) is 17.6 Å². The topological polar surface area (TPSA) is 61.4 Å². The van der Waals surface area contributed by atoms with Gasteiger partial charge in [0.25, 0.3) is 11.8 Å². The third-order valence-electron chi connectivity index (χ3n) is 3.49. The van der Waals surface area contributed by atoms with Crippen molar-refractivity contribution >= 4 is 22.6 Å². The number of hydrogen-bond donors (Lipinski definition) is 2. The molecule has 1 aliphatic rings. The molecular weight excluding hydrogens is 273 g/mol. The average Bonchev–Trinajstić information content (AvgIpc) is 2.77. The van der Waals surface area contributed by atoms with Gasteiger partial charge >= 0.3 is 0 Å². The summed E-state index contributed by atoms with van der Waals surface area (Å²) in [6.45, 7) is 0.393. The highest BCUT2D eigenvalue weighted by molar-refractivity contribution is 6.08. The number of likely N-dealkylation sites (N-methyl/N-ethyl adjacent to an activating group) is 1. The molecule has 2 aromatic rings. The third-order valence-corrected chi connectivity index (χ3v) is 3.49. The lowest BCUT2D eigenvalue weighted by molar-refractivity contribution is -0.122. The van der Waals surface area contributed by atoms with Gasteiger partial charge in [0.1, 0.15) is 11.9 Å². The van der Waals surface area contributed by atoms with Crippen LogP contribution >= 0.6 is 0 Å². The Balaban J connectivity index is 1.92. The van der Waals surface area contributed by atoms with Crippen LogP contribution < -0.4 is 10.7 Å². The molecule has 1 unspecified atom stereocenters. The van der Waals surface area contributed by atoms with Gasteiger partial charge in [-0.05, 0) is 17.5 Å². The SMILES string of the molecule is CN1CC(NC(=O)c2ccc(F)c3ccccc23)C(=O)N1. The molecule has 2 aromatic carbocycles. The first-order valence-electron chi connectivity index (χ1n) is 6.56. The van der Waals surface area contributed by atoms with Gasteiger partial charge in [0, 0.05) is 24.5 Å². The van der Waals surface area contributed by atoms with Gasteiger partial charge < -0.3 is 5.32 Å². The van der Waals surface area contributed by atoms with E-state index < -0.39 is 6.04 Å². The van der Waals surface area contributed by atoms with E-state index in [0.29, 0.717) is 22.9 Å². The van der Waals surface area contributed by atoms with Crippen LogP contribution in [0.4, 0.5) is 4.39 Å². The van der Waals surface area contributed by atoms with Gasteiger partial charge in [-0.15, -0.1) is 0 Å². The van der Waals surface area contributed by atoms with Crippen molar-refractivity contribution in [2.45, 2.75) is 6.04 Å². The van der Waals surface area contributed by atoms with Crippen molar-refractivity contribution in [3.63, 3.8) is 0 Å². The average molecular weight is 287 g/mol. The Morgan fingerprint density at radius 1 is 1.29 bits per heavy atom. The molecule has 6 heteroatoms. The molecule has 0 bridgehead atoms. The Hall–Kier alpha value is -2.47. The van der Waals surface area contributed by atoms with Crippen LogP contribution in [0.3, 0.4) is 0 Å². The van der Waals surface area contributed by atoms with Crippen LogP contribution in [-0.2, 0) is 4.79 Å². The molecule has 0 radical (unpaired) electrons. The highest BCUT2D eigenvalue weighted by Crippen LogP contribution is 2.21. The molecule has 1 atom stereocenters. The summed E-state index contributed by atoms with van der Waals surface area (Å²) in [6.07, 6.45) is 0. The molecule has 21 heavy (non-hydrogen) atoms. The minimum Gasteiger partial charge on any atom is -0.339 e. The van der Waals surface area contributed by atoms with Crippen LogP contribution in [0.25, 0.3) is 10.8 Å². The number of carbonyl (C=O) groups is 2. The highest BCUT2D eigenvalue weighted by Gasteiger charge is 2.30. The molecule has 0 saturated carbocycles. The maximum atomic E-state index is 13.7. The zero-order valence-electron chi connectivity index (χ0n) is 11.4. The van der Waals surface area contributed by atoms with Gasteiger partial charge in [0.05, 0.1) is 0 Å². The summed E-state index contributed by atoms with van der Waals surface area (Å²) in [5.41, 5.74) is 2.95. The lowest BCUT2D eigenvalue weighted by Crippen LogP contribution is -2.41. The van der Waals surface area contributed by atoms with Gasteiger partial charge in [0.15, 0.2) is 0 Å². The monoisotopic (exact) mass is 287 g/mol. The maximum absolute atomic E-state index is 13.7. The van der Waals surface area contributed by atoms with Crippen molar-refractivity contribution in [2.24, 2.45) is 0 Å². The summed E-state index contributed by atoms with van der Waals surface area (Å²) in [6, 6.07) is 8.86. The van der Waals surface area contributed by atoms with E-state index in [2.05, 4.69) is 10.7 Å². The zero-order valence-corrected chi connectivity index (χ0v) is 11.4. The molecule has 1 heterocycles. The largest absolute Gasteiger partial charge is 0.339 e. The summed E-state index contributed by atoms with van der Waals surface area (Å²) in [5.74, 6) is -1.01. The van der Waals surface area contributed by atoms with Crippen molar-refractivity contribution in [2.75, 3.05) is 13.6 Å². The van der Waals surface area contributed by atoms with Crippen LogP contribution in [0.2, 0.25) is 0 Å². The standard InChI is InChI=1S/C15H14FN3O2/c1-19-8-13(15(21)18-19)17-14(20)11-6-7-12(16)10-5-3-2-4-9(10)11/h2-7,13H,8H2,1H3,(H,17,20)(H,18,21). The van der Waals surface area contributed by atoms with Gasteiger partial charge in [-0.2, -0.15) is 0 Å². The molecule has 1 aliphatic heterocycles. The van der Waals surface area contributed by atoms with Gasteiger partial charge in [-0.25, -0.2) is 9.40 Å². The van der Waals surface area contributed by atoms with Crippen LogP contribution in [-0.4, -0.2) is 36.5 Å². The predicted octanol–water partition coefficient (Wildman–Crippen LogP) is 1.05. The van der Waals surface area contributed by atoms with Gasteiger partial charge in [0.2, 0.25) is 0 Å². The van der Waals surface area contributed by atoms with E-state index in [9.17, 15) is 14.0 Å². The maximum Gasteiger partial charge on any atom is 0.258 e. The number of halogens is 1. The van der Waals surface area contributed by atoms with Gasteiger partial charge in [-0.1, -0.05) is 24.3 Å². The molecule has 2 N–H and O–H groups in total. The number of hydrazine groups is 1. The number of carbonyl (C=O) groups excluding carboxylic acids is 2. The Morgan fingerprint density at radius 2 is 2.00 bits per heavy atom. The van der Waals surface area contributed by atoms with Crippen molar-refractivity contribution < 1.29 is 14.0 Å². The summed E-state index contributed by atoms with van der Waals surface area (Å²) in [4.78, 5) is 24.0. The summed E-state index contributed by atoms with van der Waals surface area (Å²) in [7, 11) is 1.72. The molecule has 5 nitrogen and oxygen atoms in total. The second-order valence-electron chi connectivity index (χ2n) is 5.02. The van der Waals surface area contributed by atoms with E-state index in [1.165, 1.54) is 12.1 Å². The molecule has 1 fully saturated rings. The molecule has 0 spiro atoms. The minimum atomic E-state index is -0.605.